The van der Waals surface area contributed by atoms with E-state index in [1.54, 1.807) is 0 Å². The van der Waals surface area contributed by atoms with Crippen LogP contribution in [0.5, 0.6) is 0 Å². The van der Waals surface area contributed by atoms with E-state index >= 15 is 0 Å². The zero-order chi connectivity index (χ0) is 9.19. The molecular weight excluding hydrogens is 176 g/mol. The molecule has 6 rings (SSSR count). The summed E-state index contributed by atoms with van der Waals surface area (Å²) in [4.78, 5) is 11.3. The van der Waals surface area contributed by atoms with Crippen LogP contribution in [0.25, 0.3) is 0 Å². The average Bonchev–Trinajstić information content (AvgIpc) is 2.76. The van der Waals surface area contributed by atoms with Gasteiger partial charge in [-0.1, -0.05) is 0 Å². The van der Waals surface area contributed by atoms with E-state index in [1.165, 1.54) is 12.8 Å². The molecule has 0 aromatic carbocycles. The van der Waals surface area contributed by atoms with Crippen molar-refractivity contribution in [3.8, 4) is 0 Å². The van der Waals surface area contributed by atoms with Crippen LogP contribution in [0.2, 0.25) is 0 Å². The lowest BCUT2D eigenvalue weighted by Gasteiger charge is -2.33. The van der Waals surface area contributed by atoms with E-state index in [0.717, 1.165) is 35.5 Å². The van der Waals surface area contributed by atoms with E-state index in [9.17, 15) is 9.90 Å². The molecule has 9 atom stereocenters. The van der Waals surface area contributed by atoms with Gasteiger partial charge in [-0.2, -0.15) is 0 Å². The molecule has 6 fully saturated rings. The van der Waals surface area contributed by atoms with Gasteiger partial charge in [0.15, 0.2) is 0 Å². The van der Waals surface area contributed by atoms with Crippen molar-refractivity contribution in [2.24, 2.45) is 53.3 Å². The lowest BCUT2D eigenvalue weighted by Crippen LogP contribution is -2.30. The van der Waals surface area contributed by atoms with Crippen molar-refractivity contribution < 1.29 is 9.90 Å². The molecule has 1 N–H and O–H groups in total. The zero-order valence-electron chi connectivity index (χ0n) is 7.97. The van der Waals surface area contributed by atoms with Gasteiger partial charge in [0.25, 0.3) is 0 Å². The maximum atomic E-state index is 11.3. The fourth-order valence-corrected chi connectivity index (χ4v) is 6.95. The Morgan fingerprint density at radius 3 is 1.79 bits per heavy atom. The predicted octanol–water partition coefficient (Wildman–Crippen LogP) is 1.47. The highest BCUT2D eigenvalue weighted by molar-refractivity contribution is 5.73. The summed E-state index contributed by atoms with van der Waals surface area (Å²) in [6.45, 7) is 0. The van der Waals surface area contributed by atoms with Gasteiger partial charge >= 0.3 is 5.97 Å². The molecule has 74 valence electrons. The quantitative estimate of drug-likeness (QED) is 0.679. The smallest absolute Gasteiger partial charge is 0.307 e. The second kappa shape index (κ2) is 1.66. The molecule has 6 saturated carbocycles. The van der Waals surface area contributed by atoms with Gasteiger partial charge in [-0.05, 0) is 60.2 Å². The number of aliphatic carboxylic acids is 1. The van der Waals surface area contributed by atoms with E-state index in [2.05, 4.69) is 0 Å². The van der Waals surface area contributed by atoms with Crippen molar-refractivity contribution in [2.75, 3.05) is 0 Å². The average molecular weight is 190 g/mol. The molecule has 0 heterocycles. The van der Waals surface area contributed by atoms with Crippen LogP contribution in [0.15, 0.2) is 0 Å². The molecule has 0 aliphatic heterocycles. The van der Waals surface area contributed by atoms with Crippen LogP contribution in [-0.4, -0.2) is 11.1 Å². The first-order valence-electron chi connectivity index (χ1n) is 6.02. The number of hydrogen-bond donors (Lipinski definition) is 1. The van der Waals surface area contributed by atoms with Crippen molar-refractivity contribution in [2.45, 2.75) is 12.8 Å². The molecule has 2 nitrogen and oxygen atoms in total. The number of carbonyl (C=O) groups is 1. The molecule has 6 aliphatic carbocycles. The Kier molecular flexibility index (Phi) is 0.812. The van der Waals surface area contributed by atoms with Crippen molar-refractivity contribution in [3.63, 3.8) is 0 Å². The molecule has 14 heavy (non-hydrogen) atoms. The Bertz CT molecular complexity index is 335. The normalized spacial score (nSPS) is 74.4. The van der Waals surface area contributed by atoms with Gasteiger partial charge in [-0.3, -0.25) is 4.79 Å². The van der Waals surface area contributed by atoms with E-state index in [-0.39, 0.29) is 5.92 Å². The summed E-state index contributed by atoms with van der Waals surface area (Å²) in [5.41, 5.74) is 0. The minimum atomic E-state index is -0.469. The van der Waals surface area contributed by atoms with Crippen LogP contribution in [0.1, 0.15) is 12.8 Å². The molecule has 6 bridgehead atoms. The molecule has 1 unspecified atom stereocenters. The highest BCUT2D eigenvalue weighted by atomic mass is 16.4. The van der Waals surface area contributed by atoms with Crippen molar-refractivity contribution in [1.82, 2.24) is 0 Å². The molecule has 2 heteroatoms. The van der Waals surface area contributed by atoms with Gasteiger partial charge in [0.05, 0.1) is 5.92 Å². The summed E-state index contributed by atoms with van der Waals surface area (Å²) in [5, 5.41) is 9.33. The van der Waals surface area contributed by atoms with E-state index in [4.69, 9.17) is 0 Å². The number of rotatable bonds is 1. The number of carboxylic acids is 1. The van der Waals surface area contributed by atoms with Crippen LogP contribution in [0.4, 0.5) is 0 Å². The number of carboxylic acid groups (broad SMARTS) is 1. The number of hydrogen-bond acceptors (Lipinski definition) is 1. The third-order valence-corrected chi connectivity index (χ3v) is 6.61. The van der Waals surface area contributed by atoms with E-state index in [1.807, 2.05) is 0 Å². The molecular formula is C12H14O2. The maximum Gasteiger partial charge on any atom is 0.307 e. The largest absolute Gasteiger partial charge is 0.481 e. The van der Waals surface area contributed by atoms with Gasteiger partial charge in [-0.25, -0.2) is 0 Å². The van der Waals surface area contributed by atoms with Crippen molar-refractivity contribution in [3.05, 3.63) is 0 Å². The minimum absolute atomic E-state index is 0.0810. The lowest BCUT2D eigenvalue weighted by molar-refractivity contribution is -0.143. The summed E-state index contributed by atoms with van der Waals surface area (Å²) < 4.78 is 0. The summed E-state index contributed by atoms with van der Waals surface area (Å²) in [6.07, 6.45) is 2.81. The van der Waals surface area contributed by atoms with Gasteiger partial charge in [0, 0.05) is 0 Å². The first-order chi connectivity index (χ1) is 6.79. The van der Waals surface area contributed by atoms with Crippen LogP contribution in [0.3, 0.4) is 0 Å². The summed E-state index contributed by atoms with van der Waals surface area (Å²) in [5.74, 6) is 6.22. The lowest BCUT2D eigenvalue weighted by atomic mass is 9.71. The van der Waals surface area contributed by atoms with Gasteiger partial charge < -0.3 is 5.11 Å². The fourth-order valence-electron chi connectivity index (χ4n) is 6.95. The maximum absolute atomic E-state index is 11.3. The molecule has 0 saturated heterocycles. The standard InChI is InChI=1S/C12H14O2/c13-12(14)11-9-5-1-3-4-2-6(7(3)9)10(11)8(4)5/h3-11H,1-2H2,(H,13,14)/t3-,4+,5-,6-,7+,8-,9+,10+,11?/m0/s1. The Hall–Kier alpha value is -0.530. The molecule has 0 spiro atoms. The molecule has 0 amide bonds. The highest BCUT2D eigenvalue weighted by Crippen LogP contribution is 2.84. The molecule has 0 aromatic rings. The molecule has 0 aromatic heterocycles. The topological polar surface area (TPSA) is 37.3 Å². The SMILES string of the molecule is O=C(O)C1[C@@H]2[C@H]3C[C@@H]4[C@@H]5C[C@H]([C@@H]1[C@@H]35)[C@H]42. The fraction of sp³-hybridized carbons (Fsp3) is 0.917. The van der Waals surface area contributed by atoms with Crippen molar-refractivity contribution in [1.29, 1.82) is 0 Å². The zero-order valence-corrected chi connectivity index (χ0v) is 7.97. The minimum Gasteiger partial charge on any atom is -0.481 e. The third-order valence-electron chi connectivity index (χ3n) is 6.61. The summed E-state index contributed by atoms with van der Waals surface area (Å²) in [7, 11) is 0. The van der Waals surface area contributed by atoms with Gasteiger partial charge in [0.2, 0.25) is 0 Å². The van der Waals surface area contributed by atoms with Crippen LogP contribution in [-0.2, 0) is 4.79 Å². The van der Waals surface area contributed by atoms with E-state index < -0.39 is 5.97 Å². The van der Waals surface area contributed by atoms with Crippen LogP contribution in [0, 0.1) is 53.3 Å². The Labute approximate surface area is 82.7 Å². The third kappa shape index (κ3) is 0.409. The predicted molar refractivity (Wildman–Crippen MR) is 48.3 cm³/mol. The van der Waals surface area contributed by atoms with Gasteiger partial charge in [0.1, 0.15) is 0 Å². The Balaban J connectivity index is 1.77. The van der Waals surface area contributed by atoms with Gasteiger partial charge in [-0.15, -0.1) is 0 Å². The van der Waals surface area contributed by atoms with Crippen LogP contribution >= 0.6 is 0 Å². The molecule has 0 radical (unpaired) electrons. The Morgan fingerprint density at radius 2 is 1.36 bits per heavy atom. The Morgan fingerprint density at radius 1 is 0.857 bits per heavy atom. The summed E-state index contributed by atoms with van der Waals surface area (Å²) in [6, 6.07) is 0. The highest BCUT2D eigenvalue weighted by Gasteiger charge is 2.81. The first kappa shape index (κ1) is 6.86. The first-order valence-corrected chi connectivity index (χ1v) is 6.02. The van der Waals surface area contributed by atoms with Crippen molar-refractivity contribution >= 4 is 5.97 Å². The van der Waals surface area contributed by atoms with E-state index in [0.29, 0.717) is 11.8 Å². The summed E-state index contributed by atoms with van der Waals surface area (Å²) >= 11 is 0. The second-order valence-electron chi connectivity index (χ2n) is 6.30. The monoisotopic (exact) mass is 190 g/mol. The second-order valence-corrected chi connectivity index (χ2v) is 6.30. The van der Waals surface area contributed by atoms with Crippen LogP contribution < -0.4 is 0 Å². The molecule has 6 aliphatic rings.